The molecule has 0 bridgehead atoms. The van der Waals surface area contributed by atoms with Crippen LogP contribution in [0.4, 0.5) is 5.69 Å². The van der Waals surface area contributed by atoms with Gasteiger partial charge < -0.3 is 10.5 Å². The minimum Gasteiger partial charge on any atom is -0.461 e. The Morgan fingerprint density at radius 2 is 2.36 bits per heavy atom. The molecule has 0 spiro atoms. The fourth-order valence-corrected chi connectivity index (χ4v) is 1.17. The second kappa shape index (κ2) is 4.28. The molecule has 0 saturated carbocycles. The summed E-state index contributed by atoms with van der Waals surface area (Å²) in [6.07, 6.45) is 0. The lowest BCUT2D eigenvalue weighted by Gasteiger charge is -2.05. The number of nitrogens with zero attached hydrogens (tertiary/aromatic N) is 1. The van der Waals surface area contributed by atoms with Crippen LogP contribution in [0, 0.1) is 6.92 Å². The van der Waals surface area contributed by atoms with Crippen LogP contribution < -0.4 is 5.73 Å². The summed E-state index contributed by atoms with van der Waals surface area (Å²) in [6.45, 7) is 3.71. The molecule has 14 heavy (non-hydrogen) atoms. The number of carbonyl (C=O) groups excluding carboxylic acids is 1. The molecule has 0 atom stereocenters. The molecule has 4 nitrogen and oxygen atoms in total. The van der Waals surface area contributed by atoms with Gasteiger partial charge in [-0.25, -0.2) is 9.78 Å². The van der Waals surface area contributed by atoms with E-state index < -0.39 is 5.97 Å². The maximum absolute atomic E-state index is 11.3. The third-order valence-corrected chi connectivity index (χ3v) is 1.96. The fraction of sp³-hybridized carbons (Fsp3) is 0.333. The molecule has 1 aromatic rings. The molecule has 0 fully saturated rings. The molecule has 0 aromatic carbocycles. The summed E-state index contributed by atoms with van der Waals surface area (Å²) >= 11 is 5.79. The lowest BCUT2D eigenvalue weighted by Crippen LogP contribution is -2.09. The summed E-state index contributed by atoms with van der Waals surface area (Å²) in [5.41, 5.74) is 6.70. The van der Waals surface area contributed by atoms with E-state index in [1.54, 1.807) is 13.8 Å². The standard InChI is InChI=1S/C9H11ClN2O2/c1-3-14-9(13)8-6(10)4-7(11)5(2)12-8/h4H,3,11H2,1-2H3. The monoisotopic (exact) mass is 214 g/mol. The second-order valence-electron chi connectivity index (χ2n) is 2.71. The molecule has 1 rings (SSSR count). The number of ether oxygens (including phenoxy) is 1. The van der Waals surface area contributed by atoms with Gasteiger partial charge in [-0.1, -0.05) is 11.6 Å². The van der Waals surface area contributed by atoms with E-state index in [-0.39, 0.29) is 10.7 Å². The number of aromatic nitrogens is 1. The van der Waals surface area contributed by atoms with Gasteiger partial charge in [0.2, 0.25) is 0 Å². The Labute approximate surface area is 87.0 Å². The SMILES string of the molecule is CCOC(=O)c1nc(C)c(N)cc1Cl. The van der Waals surface area contributed by atoms with Crippen LogP contribution in [0.1, 0.15) is 23.1 Å². The van der Waals surface area contributed by atoms with Gasteiger partial charge in [-0.15, -0.1) is 0 Å². The van der Waals surface area contributed by atoms with Gasteiger partial charge in [0.1, 0.15) is 0 Å². The largest absolute Gasteiger partial charge is 0.461 e. The predicted octanol–water partition coefficient (Wildman–Crippen LogP) is 1.80. The minimum atomic E-state index is -0.527. The highest BCUT2D eigenvalue weighted by molar-refractivity contribution is 6.33. The quantitative estimate of drug-likeness (QED) is 0.763. The van der Waals surface area contributed by atoms with Crippen LogP contribution in [0.3, 0.4) is 0 Å². The Morgan fingerprint density at radius 1 is 1.71 bits per heavy atom. The molecular weight excluding hydrogens is 204 g/mol. The van der Waals surface area contributed by atoms with Crippen molar-refractivity contribution in [2.24, 2.45) is 0 Å². The van der Waals surface area contributed by atoms with Gasteiger partial charge in [0.25, 0.3) is 0 Å². The zero-order valence-corrected chi connectivity index (χ0v) is 8.76. The number of carbonyl (C=O) groups is 1. The van der Waals surface area contributed by atoms with Crippen LogP contribution in [0.2, 0.25) is 5.02 Å². The van der Waals surface area contributed by atoms with Crippen molar-refractivity contribution in [3.05, 3.63) is 22.5 Å². The topological polar surface area (TPSA) is 65.2 Å². The number of anilines is 1. The van der Waals surface area contributed by atoms with E-state index in [9.17, 15) is 4.79 Å². The van der Waals surface area contributed by atoms with Gasteiger partial charge in [0.05, 0.1) is 23.0 Å². The van der Waals surface area contributed by atoms with Crippen molar-refractivity contribution in [3.8, 4) is 0 Å². The number of halogens is 1. The Hall–Kier alpha value is -1.29. The molecule has 2 N–H and O–H groups in total. The molecule has 0 aliphatic heterocycles. The molecular formula is C9H11ClN2O2. The lowest BCUT2D eigenvalue weighted by molar-refractivity contribution is 0.0519. The van der Waals surface area contributed by atoms with E-state index in [4.69, 9.17) is 22.1 Å². The molecule has 5 heteroatoms. The highest BCUT2D eigenvalue weighted by Crippen LogP contribution is 2.20. The summed E-state index contributed by atoms with van der Waals surface area (Å²) < 4.78 is 4.78. The van der Waals surface area contributed by atoms with Crippen molar-refractivity contribution in [1.82, 2.24) is 4.98 Å². The number of nitrogens with two attached hydrogens (primary N) is 1. The number of nitrogen functional groups attached to an aromatic ring is 1. The summed E-state index contributed by atoms with van der Waals surface area (Å²) in [4.78, 5) is 15.3. The van der Waals surface area contributed by atoms with E-state index in [2.05, 4.69) is 4.98 Å². The maximum Gasteiger partial charge on any atom is 0.358 e. The number of aryl methyl sites for hydroxylation is 1. The summed E-state index contributed by atoms with van der Waals surface area (Å²) in [5, 5.41) is 0.214. The Morgan fingerprint density at radius 3 is 2.93 bits per heavy atom. The van der Waals surface area contributed by atoms with Gasteiger partial charge in [0, 0.05) is 0 Å². The molecule has 1 heterocycles. The number of hydrogen-bond donors (Lipinski definition) is 1. The number of hydrogen-bond acceptors (Lipinski definition) is 4. The molecule has 76 valence electrons. The average molecular weight is 215 g/mol. The van der Waals surface area contributed by atoms with Crippen molar-refractivity contribution in [2.75, 3.05) is 12.3 Å². The van der Waals surface area contributed by atoms with E-state index in [0.29, 0.717) is 18.0 Å². The average Bonchev–Trinajstić information content (AvgIpc) is 2.11. The molecule has 0 aliphatic carbocycles. The third kappa shape index (κ3) is 2.14. The fourth-order valence-electron chi connectivity index (χ4n) is 0.938. The number of esters is 1. The first kappa shape index (κ1) is 10.8. The van der Waals surface area contributed by atoms with Crippen LogP contribution in [-0.4, -0.2) is 17.6 Å². The smallest absolute Gasteiger partial charge is 0.358 e. The van der Waals surface area contributed by atoms with Crippen molar-refractivity contribution < 1.29 is 9.53 Å². The normalized spacial score (nSPS) is 9.93. The molecule has 0 unspecified atom stereocenters. The van der Waals surface area contributed by atoms with Gasteiger partial charge >= 0.3 is 5.97 Å². The Kier molecular flexibility index (Phi) is 3.30. The van der Waals surface area contributed by atoms with Crippen molar-refractivity contribution in [1.29, 1.82) is 0 Å². The Bertz CT molecular complexity index is 366. The molecule has 0 amide bonds. The van der Waals surface area contributed by atoms with Crippen LogP contribution in [0.25, 0.3) is 0 Å². The third-order valence-electron chi connectivity index (χ3n) is 1.67. The highest BCUT2D eigenvalue weighted by Gasteiger charge is 2.14. The first-order valence-corrected chi connectivity index (χ1v) is 4.53. The predicted molar refractivity (Wildman–Crippen MR) is 54.4 cm³/mol. The zero-order valence-electron chi connectivity index (χ0n) is 8.00. The zero-order chi connectivity index (χ0) is 10.7. The van der Waals surface area contributed by atoms with Crippen molar-refractivity contribution in [2.45, 2.75) is 13.8 Å². The summed E-state index contributed by atoms with van der Waals surface area (Å²) in [5.74, 6) is -0.527. The first-order valence-electron chi connectivity index (χ1n) is 4.16. The number of rotatable bonds is 2. The first-order chi connectivity index (χ1) is 6.56. The van der Waals surface area contributed by atoms with Crippen LogP contribution >= 0.6 is 11.6 Å². The molecule has 0 aliphatic rings. The molecule has 0 radical (unpaired) electrons. The van der Waals surface area contributed by atoms with Crippen molar-refractivity contribution in [3.63, 3.8) is 0 Å². The van der Waals surface area contributed by atoms with E-state index in [1.807, 2.05) is 0 Å². The molecule has 1 aromatic heterocycles. The summed E-state index contributed by atoms with van der Waals surface area (Å²) in [6, 6.07) is 1.50. The van der Waals surface area contributed by atoms with Crippen molar-refractivity contribution >= 4 is 23.3 Å². The highest BCUT2D eigenvalue weighted by atomic mass is 35.5. The maximum atomic E-state index is 11.3. The minimum absolute atomic E-state index is 0.111. The van der Waals surface area contributed by atoms with Crippen LogP contribution in [-0.2, 0) is 4.74 Å². The Balaban J connectivity index is 3.09. The van der Waals surface area contributed by atoms with Crippen LogP contribution in [0.15, 0.2) is 6.07 Å². The van der Waals surface area contributed by atoms with Gasteiger partial charge in [-0.05, 0) is 19.9 Å². The van der Waals surface area contributed by atoms with Gasteiger partial charge in [-0.3, -0.25) is 0 Å². The van der Waals surface area contributed by atoms with E-state index in [0.717, 1.165) is 0 Å². The second-order valence-corrected chi connectivity index (χ2v) is 3.12. The van der Waals surface area contributed by atoms with Gasteiger partial charge in [0.15, 0.2) is 5.69 Å². The van der Waals surface area contributed by atoms with E-state index >= 15 is 0 Å². The summed E-state index contributed by atoms with van der Waals surface area (Å²) in [7, 11) is 0. The van der Waals surface area contributed by atoms with Crippen LogP contribution in [0.5, 0.6) is 0 Å². The number of pyridine rings is 1. The van der Waals surface area contributed by atoms with E-state index in [1.165, 1.54) is 6.07 Å². The lowest BCUT2D eigenvalue weighted by atomic mass is 10.2. The molecule has 0 saturated heterocycles. The van der Waals surface area contributed by atoms with Gasteiger partial charge in [-0.2, -0.15) is 0 Å².